The minimum absolute atomic E-state index is 0.0152. The Kier molecular flexibility index (Phi) is 6.68. The van der Waals surface area contributed by atoms with Crippen LogP contribution in [0.15, 0.2) is 30.3 Å². The number of ether oxygens (including phenoxy) is 5. The van der Waals surface area contributed by atoms with Crippen molar-refractivity contribution >= 4 is 6.29 Å². The third-order valence-electron chi connectivity index (χ3n) is 3.45. The molecule has 0 spiro atoms. The van der Waals surface area contributed by atoms with Gasteiger partial charge in [-0.3, -0.25) is 0 Å². The molecular weight excluding hydrogens is 300 g/mol. The molecule has 1 heterocycles. The van der Waals surface area contributed by atoms with Crippen LogP contribution in [0.5, 0.6) is 0 Å². The van der Waals surface area contributed by atoms with E-state index < -0.39 is 18.0 Å². The summed E-state index contributed by atoms with van der Waals surface area (Å²) in [5, 5.41) is 0. The second-order valence-corrected chi connectivity index (χ2v) is 5.81. The van der Waals surface area contributed by atoms with Crippen LogP contribution in [0.25, 0.3) is 0 Å². The van der Waals surface area contributed by atoms with Crippen molar-refractivity contribution in [2.45, 2.75) is 44.6 Å². The molecule has 0 aromatic heterocycles. The standard InChI is InChI=1S/C17H24O6/c1-17(2)22-15(11-20-10-13-7-5-4-6-8-13)16(23-17)14(9-18)21-12-19-3/h4-9,14-16H,10-12H2,1-3H3/t14-,15-,16+/m0/s1. The molecule has 1 aromatic rings. The van der Waals surface area contributed by atoms with Gasteiger partial charge in [0.05, 0.1) is 13.2 Å². The van der Waals surface area contributed by atoms with E-state index >= 15 is 0 Å². The Balaban J connectivity index is 1.92. The molecule has 1 aromatic carbocycles. The lowest BCUT2D eigenvalue weighted by Crippen LogP contribution is -2.41. The number of rotatable bonds is 9. The van der Waals surface area contributed by atoms with Crippen molar-refractivity contribution in [2.75, 3.05) is 20.5 Å². The van der Waals surface area contributed by atoms with Gasteiger partial charge in [-0.15, -0.1) is 0 Å². The van der Waals surface area contributed by atoms with Gasteiger partial charge in [-0.05, 0) is 19.4 Å². The van der Waals surface area contributed by atoms with Crippen LogP contribution in [0.3, 0.4) is 0 Å². The number of aldehydes is 1. The predicted molar refractivity (Wildman–Crippen MR) is 82.7 cm³/mol. The molecular formula is C17H24O6. The number of hydrogen-bond acceptors (Lipinski definition) is 6. The molecule has 1 fully saturated rings. The van der Waals surface area contributed by atoms with Crippen LogP contribution in [0.1, 0.15) is 19.4 Å². The number of benzene rings is 1. The van der Waals surface area contributed by atoms with E-state index in [4.69, 9.17) is 23.7 Å². The molecule has 0 saturated carbocycles. The van der Waals surface area contributed by atoms with Crippen LogP contribution in [0.2, 0.25) is 0 Å². The van der Waals surface area contributed by atoms with Crippen LogP contribution in [-0.2, 0) is 35.1 Å². The van der Waals surface area contributed by atoms with Crippen LogP contribution in [0.4, 0.5) is 0 Å². The van der Waals surface area contributed by atoms with E-state index in [1.165, 1.54) is 7.11 Å². The largest absolute Gasteiger partial charge is 0.374 e. The van der Waals surface area contributed by atoms with E-state index in [9.17, 15) is 4.79 Å². The van der Waals surface area contributed by atoms with Crippen molar-refractivity contribution in [1.29, 1.82) is 0 Å². The maximum atomic E-state index is 11.3. The first kappa shape index (κ1) is 18.0. The monoisotopic (exact) mass is 324 g/mol. The highest BCUT2D eigenvalue weighted by molar-refractivity contribution is 5.57. The summed E-state index contributed by atoms with van der Waals surface area (Å²) in [6.45, 7) is 4.40. The quantitative estimate of drug-likeness (QED) is 0.511. The Bertz CT molecular complexity index is 475. The first-order valence-electron chi connectivity index (χ1n) is 7.59. The number of carbonyl (C=O) groups is 1. The fourth-order valence-corrected chi connectivity index (χ4v) is 2.50. The zero-order chi connectivity index (χ0) is 16.7. The molecule has 0 bridgehead atoms. The molecule has 3 atom stereocenters. The molecule has 0 unspecified atom stereocenters. The van der Waals surface area contributed by atoms with Crippen LogP contribution >= 0.6 is 0 Å². The van der Waals surface area contributed by atoms with Gasteiger partial charge < -0.3 is 28.5 Å². The number of carbonyl (C=O) groups excluding carboxylic acids is 1. The maximum Gasteiger partial charge on any atom is 0.164 e. The Morgan fingerprint density at radius 3 is 2.65 bits per heavy atom. The molecule has 1 aliphatic rings. The first-order valence-corrected chi connectivity index (χ1v) is 7.59. The van der Waals surface area contributed by atoms with E-state index in [0.717, 1.165) is 5.56 Å². The lowest BCUT2D eigenvalue weighted by Gasteiger charge is -2.22. The summed E-state index contributed by atoms with van der Waals surface area (Å²) in [6.07, 6.45) is -0.977. The Labute approximate surface area is 136 Å². The van der Waals surface area contributed by atoms with E-state index in [1.807, 2.05) is 30.3 Å². The molecule has 23 heavy (non-hydrogen) atoms. The Morgan fingerprint density at radius 1 is 1.26 bits per heavy atom. The second kappa shape index (κ2) is 8.52. The molecule has 1 aliphatic heterocycles. The van der Waals surface area contributed by atoms with Gasteiger partial charge in [-0.1, -0.05) is 30.3 Å². The van der Waals surface area contributed by atoms with Gasteiger partial charge in [-0.25, -0.2) is 0 Å². The number of methoxy groups -OCH3 is 1. The fraction of sp³-hybridized carbons (Fsp3) is 0.588. The molecule has 6 nitrogen and oxygen atoms in total. The SMILES string of the molecule is COCO[C@@H](C=O)[C@H]1OC(C)(C)O[C@H]1COCc1ccccc1. The van der Waals surface area contributed by atoms with Gasteiger partial charge >= 0.3 is 0 Å². The lowest BCUT2D eigenvalue weighted by molar-refractivity contribution is -0.171. The van der Waals surface area contributed by atoms with Gasteiger partial charge in [0.15, 0.2) is 12.1 Å². The summed E-state index contributed by atoms with van der Waals surface area (Å²) in [7, 11) is 1.50. The molecule has 1 saturated heterocycles. The first-order chi connectivity index (χ1) is 11.1. The van der Waals surface area contributed by atoms with Crippen molar-refractivity contribution in [2.24, 2.45) is 0 Å². The summed E-state index contributed by atoms with van der Waals surface area (Å²) >= 11 is 0. The van der Waals surface area contributed by atoms with Crippen LogP contribution in [-0.4, -0.2) is 50.9 Å². The molecule has 0 aliphatic carbocycles. The third kappa shape index (κ3) is 5.37. The van der Waals surface area contributed by atoms with Crippen molar-refractivity contribution < 1.29 is 28.5 Å². The Hall–Kier alpha value is -1.31. The summed E-state index contributed by atoms with van der Waals surface area (Å²) in [5.41, 5.74) is 1.07. The van der Waals surface area contributed by atoms with Gasteiger partial charge in [0.1, 0.15) is 25.1 Å². The third-order valence-corrected chi connectivity index (χ3v) is 3.45. The number of hydrogen-bond donors (Lipinski definition) is 0. The molecule has 0 amide bonds. The smallest absolute Gasteiger partial charge is 0.164 e. The predicted octanol–water partition coefficient (Wildman–Crippen LogP) is 1.91. The van der Waals surface area contributed by atoms with E-state index in [-0.39, 0.29) is 12.9 Å². The molecule has 0 radical (unpaired) electrons. The van der Waals surface area contributed by atoms with Crippen molar-refractivity contribution in [3.63, 3.8) is 0 Å². The normalized spacial score (nSPS) is 24.5. The summed E-state index contributed by atoms with van der Waals surface area (Å²) in [4.78, 5) is 11.3. The minimum Gasteiger partial charge on any atom is -0.374 e. The zero-order valence-corrected chi connectivity index (χ0v) is 13.8. The molecule has 0 N–H and O–H groups in total. The van der Waals surface area contributed by atoms with E-state index in [1.54, 1.807) is 13.8 Å². The van der Waals surface area contributed by atoms with Gasteiger partial charge in [0.2, 0.25) is 0 Å². The molecule has 128 valence electrons. The lowest BCUT2D eigenvalue weighted by atomic mass is 10.1. The van der Waals surface area contributed by atoms with Crippen molar-refractivity contribution in [3.05, 3.63) is 35.9 Å². The topological polar surface area (TPSA) is 63.2 Å². The van der Waals surface area contributed by atoms with Crippen LogP contribution < -0.4 is 0 Å². The van der Waals surface area contributed by atoms with Gasteiger partial charge in [0, 0.05) is 7.11 Å². The highest BCUT2D eigenvalue weighted by Gasteiger charge is 2.45. The second-order valence-electron chi connectivity index (χ2n) is 5.81. The fourth-order valence-electron chi connectivity index (χ4n) is 2.50. The summed E-state index contributed by atoms with van der Waals surface area (Å²) in [5.74, 6) is -0.789. The van der Waals surface area contributed by atoms with Crippen molar-refractivity contribution in [1.82, 2.24) is 0 Å². The van der Waals surface area contributed by atoms with Crippen molar-refractivity contribution in [3.8, 4) is 0 Å². The average molecular weight is 324 g/mol. The zero-order valence-electron chi connectivity index (χ0n) is 13.8. The molecule has 2 rings (SSSR count). The molecule has 6 heteroatoms. The van der Waals surface area contributed by atoms with Gasteiger partial charge in [-0.2, -0.15) is 0 Å². The Morgan fingerprint density at radius 2 is 2.00 bits per heavy atom. The summed E-state index contributed by atoms with van der Waals surface area (Å²) < 4.78 is 27.6. The van der Waals surface area contributed by atoms with E-state index in [2.05, 4.69) is 0 Å². The van der Waals surface area contributed by atoms with E-state index in [0.29, 0.717) is 19.5 Å². The maximum absolute atomic E-state index is 11.3. The minimum atomic E-state index is -0.789. The van der Waals surface area contributed by atoms with Crippen LogP contribution in [0, 0.1) is 0 Å². The summed E-state index contributed by atoms with van der Waals surface area (Å²) in [6, 6.07) is 9.85. The highest BCUT2D eigenvalue weighted by Crippen LogP contribution is 2.31. The average Bonchev–Trinajstić information content (AvgIpc) is 2.84. The van der Waals surface area contributed by atoms with Gasteiger partial charge in [0.25, 0.3) is 0 Å². The highest BCUT2D eigenvalue weighted by atomic mass is 16.8.